The predicted octanol–water partition coefficient (Wildman–Crippen LogP) is 7.30. The first kappa shape index (κ1) is 27.9. The molecule has 0 amide bonds. The molecule has 2 bridgehead atoms. The highest BCUT2D eigenvalue weighted by molar-refractivity contribution is 5.93. The first-order chi connectivity index (χ1) is 19.1. The largest absolute Gasteiger partial charge is 0.468 e. The Kier molecular flexibility index (Phi) is 9.06. The summed E-state index contributed by atoms with van der Waals surface area (Å²) in [4.78, 5) is 17.9. The Morgan fingerprint density at radius 3 is 2.69 bits per heavy atom. The summed E-state index contributed by atoms with van der Waals surface area (Å²) in [6.07, 6.45) is 18.2. The van der Waals surface area contributed by atoms with Crippen LogP contribution in [-0.4, -0.2) is 37.2 Å². The van der Waals surface area contributed by atoms with Crippen LogP contribution in [0.25, 0.3) is 10.9 Å². The van der Waals surface area contributed by atoms with Crippen molar-refractivity contribution in [2.24, 2.45) is 11.3 Å². The number of hydrogen-bond donors (Lipinski definition) is 2. The van der Waals surface area contributed by atoms with E-state index in [1.807, 2.05) is 0 Å². The number of aromatic nitrogens is 1. The van der Waals surface area contributed by atoms with Gasteiger partial charge in [-0.25, -0.2) is 0 Å². The molecule has 1 saturated carbocycles. The third kappa shape index (κ3) is 5.94. The number of unbranched alkanes of at least 4 members (excludes halogenated alkanes) is 4. The Bertz CT molecular complexity index is 1230. The van der Waals surface area contributed by atoms with Crippen LogP contribution in [0.3, 0.4) is 0 Å². The minimum absolute atomic E-state index is 0.0616. The fraction of sp³-hybridized carbons (Fsp3) is 0.588. The van der Waals surface area contributed by atoms with Crippen molar-refractivity contribution in [3.8, 4) is 0 Å². The number of ether oxygens (including phenoxy) is 1. The maximum absolute atomic E-state index is 13.0. The van der Waals surface area contributed by atoms with Gasteiger partial charge in [0.1, 0.15) is 0 Å². The first-order valence-corrected chi connectivity index (χ1v) is 15.4. The number of nitrogens with zero attached hydrogens (tertiary/aromatic N) is 1. The molecule has 1 fully saturated rings. The summed E-state index contributed by atoms with van der Waals surface area (Å²) in [7, 11) is 1.53. The molecule has 5 rings (SSSR count). The van der Waals surface area contributed by atoms with E-state index < -0.39 is 5.41 Å². The van der Waals surface area contributed by atoms with Gasteiger partial charge in [-0.2, -0.15) is 0 Å². The van der Waals surface area contributed by atoms with Crippen molar-refractivity contribution in [2.75, 3.05) is 25.5 Å². The number of fused-ring (bicyclic) bond motifs is 4. The number of benzene rings is 1. The SMILES string of the molecule is CC=C1C2C=C(C)C[C@]1(C(=O)OC)CC(NCCCCCCCNc1c3c(nc4ccccc14)CCCC3)C2. The Morgan fingerprint density at radius 2 is 1.87 bits per heavy atom. The highest BCUT2D eigenvalue weighted by atomic mass is 16.5. The van der Waals surface area contributed by atoms with Crippen molar-refractivity contribution >= 4 is 22.6 Å². The second-order valence-electron chi connectivity index (χ2n) is 12.0. The molecule has 210 valence electrons. The molecule has 39 heavy (non-hydrogen) atoms. The number of hydrogen-bond acceptors (Lipinski definition) is 5. The molecule has 0 saturated heterocycles. The molecule has 0 spiro atoms. The minimum atomic E-state index is -0.477. The number of carbonyl (C=O) groups excluding carboxylic acids is 1. The number of carbonyl (C=O) groups is 1. The number of methoxy groups -OCH3 is 1. The molecule has 1 aromatic heterocycles. The van der Waals surface area contributed by atoms with Gasteiger partial charge in [0.05, 0.1) is 18.0 Å². The van der Waals surface area contributed by atoms with Gasteiger partial charge in [-0.1, -0.05) is 55.2 Å². The van der Waals surface area contributed by atoms with Crippen LogP contribution in [0, 0.1) is 11.3 Å². The van der Waals surface area contributed by atoms with E-state index in [0.29, 0.717) is 12.0 Å². The summed E-state index contributed by atoms with van der Waals surface area (Å²) < 4.78 is 5.32. The number of aryl methyl sites for hydroxylation is 1. The van der Waals surface area contributed by atoms with Gasteiger partial charge in [0.15, 0.2) is 0 Å². The average Bonchev–Trinajstić information content (AvgIpc) is 2.94. The Balaban J connectivity index is 1.04. The lowest BCUT2D eigenvalue weighted by Crippen LogP contribution is -2.50. The van der Waals surface area contributed by atoms with Gasteiger partial charge in [-0.3, -0.25) is 9.78 Å². The summed E-state index contributed by atoms with van der Waals surface area (Å²) in [6.45, 7) is 6.28. The lowest BCUT2D eigenvalue weighted by atomic mass is 9.58. The molecule has 5 heteroatoms. The summed E-state index contributed by atoms with van der Waals surface area (Å²) in [5, 5.41) is 8.89. The minimum Gasteiger partial charge on any atom is -0.468 e. The Labute approximate surface area is 234 Å². The van der Waals surface area contributed by atoms with E-state index in [-0.39, 0.29) is 5.97 Å². The number of pyridine rings is 1. The van der Waals surface area contributed by atoms with Gasteiger partial charge >= 0.3 is 5.97 Å². The highest BCUT2D eigenvalue weighted by Gasteiger charge is 2.51. The molecule has 1 heterocycles. The van der Waals surface area contributed by atoms with E-state index in [9.17, 15) is 4.79 Å². The fourth-order valence-corrected chi connectivity index (χ4v) is 7.61. The van der Waals surface area contributed by atoms with E-state index in [0.717, 1.165) is 50.7 Å². The highest BCUT2D eigenvalue weighted by Crippen LogP contribution is 2.52. The van der Waals surface area contributed by atoms with Crippen LogP contribution in [-0.2, 0) is 22.4 Å². The van der Waals surface area contributed by atoms with Gasteiger partial charge in [0, 0.05) is 35.3 Å². The summed E-state index contributed by atoms with van der Waals surface area (Å²) in [5.74, 6) is 0.290. The second kappa shape index (κ2) is 12.7. The first-order valence-electron chi connectivity index (χ1n) is 15.4. The van der Waals surface area contributed by atoms with Crippen LogP contribution in [0.15, 0.2) is 47.6 Å². The van der Waals surface area contributed by atoms with Crippen LogP contribution in [0.4, 0.5) is 5.69 Å². The molecular weight excluding hydrogens is 482 g/mol. The van der Waals surface area contributed by atoms with E-state index in [1.165, 1.54) is 85.5 Å². The zero-order valence-electron chi connectivity index (χ0n) is 24.3. The lowest BCUT2D eigenvalue weighted by Gasteiger charge is -2.47. The Hall–Kier alpha value is -2.66. The molecule has 2 unspecified atom stereocenters. The molecule has 3 aliphatic rings. The second-order valence-corrected chi connectivity index (χ2v) is 12.0. The van der Waals surface area contributed by atoms with Crippen LogP contribution < -0.4 is 10.6 Å². The number of rotatable bonds is 11. The normalized spacial score (nSPS) is 25.3. The van der Waals surface area contributed by atoms with Crippen LogP contribution in [0.2, 0.25) is 0 Å². The maximum atomic E-state index is 13.0. The molecule has 0 radical (unpaired) electrons. The molecule has 3 atom stereocenters. The zero-order chi connectivity index (χ0) is 27.2. The predicted molar refractivity (Wildman–Crippen MR) is 161 cm³/mol. The number of nitrogens with one attached hydrogen (secondary N) is 2. The van der Waals surface area contributed by atoms with E-state index in [1.54, 1.807) is 0 Å². The summed E-state index contributed by atoms with van der Waals surface area (Å²) in [5.41, 5.74) is 7.34. The molecule has 2 N–H and O–H groups in total. The van der Waals surface area contributed by atoms with Crippen molar-refractivity contribution in [2.45, 2.75) is 96.9 Å². The van der Waals surface area contributed by atoms with Gasteiger partial charge in [-0.05, 0) is 95.4 Å². The Morgan fingerprint density at radius 1 is 1.10 bits per heavy atom. The monoisotopic (exact) mass is 529 g/mol. The fourth-order valence-electron chi connectivity index (χ4n) is 7.61. The van der Waals surface area contributed by atoms with Crippen molar-refractivity contribution in [3.05, 3.63) is 58.8 Å². The zero-order valence-corrected chi connectivity index (χ0v) is 24.3. The number of esters is 1. The van der Waals surface area contributed by atoms with Crippen molar-refractivity contribution in [3.63, 3.8) is 0 Å². The van der Waals surface area contributed by atoms with E-state index >= 15 is 0 Å². The maximum Gasteiger partial charge on any atom is 0.316 e. The van der Waals surface area contributed by atoms with Gasteiger partial charge in [0.25, 0.3) is 0 Å². The molecule has 0 aliphatic heterocycles. The van der Waals surface area contributed by atoms with E-state index in [2.05, 4.69) is 60.9 Å². The summed E-state index contributed by atoms with van der Waals surface area (Å²) in [6, 6.07) is 8.96. The smallest absolute Gasteiger partial charge is 0.316 e. The molecule has 3 aliphatic carbocycles. The summed E-state index contributed by atoms with van der Waals surface area (Å²) >= 11 is 0. The number of para-hydroxylation sites is 1. The van der Waals surface area contributed by atoms with Crippen molar-refractivity contribution in [1.29, 1.82) is 0 Å². The number of anilines is 1. The quantitative estimate of drug-likeness (QED) is 0.182. The molecule has 1 aromatic carbocycles. The molecule has 5 nitrogen and oxygen atoms in total. The standard InChI is InChI=1S/C34H47N3O2/c1-4-29-25-20-24(2)22-34(29,33(38)39-3)23-26(21-25)35-18-12-6-5-7-13-19-36-32-27-14-8-10-16-30(27)37-31-17-11-9-15-28(31)32/h4,8,10,14,16,20,25-26,35H,5-7,9,11-13,15,17-19,21-23H2,1-3H3,(H,36,37)/t25?,26?,34-/m0/s1. The van der Waals surface area contributed by atoms with Gasteiger partial charge in [0.2, 0.25) is 0 Å². The topological polar surface area (TPSA) is 63.2 Å². The van der Waals surface area contributed by atoms with Gasteiger partial charge in [-0.15, -0.1) is 0 Å². The van der Waals surface area contributed by atoms with Crippen molar-refractivity contribution < 1.29 is 9.53 Å². The van der Waals surface area contributed by atoms with Crippen molar-refractivity contribution in [1.82, 2.24) is 10.3 Å². The lowest BCUT2D eigenvalue weighted by molar-refractivity contribution is -0.152. The molecular formula is C34H47N3O2. The van der Waals surface area contributed by atoms with Crippen LogP contribution in [0.1, 0.15) is 89.3 Å². The molecule has 2 aromatic rings. The third-order valence-electron chi connectivity index (χ3n) is 9.30. The van der Waals surface area contributed by atoms with Crippen LogP contribution >= 0.6 is 0 Å². The van der Waals surface area contributed by atoms with Gasteiger partial charge < -0.3 is 15.4 Å². The van der Waals surface area contributed by atoms with E-state index in [4.69, 9.17) is 9.72 Å². The van der Waals surface area contributed by atoms with Crippen LogP contribution in [0.5, 0.6) is 0 Å². The number of allylic oxidation sites excluding steroid dienone is 3. The average molecular weight is 530 g/mol. The third-order valence-corrected chi connectivity index (χ3v) is 9.30.